The van der Waals surface area contributed by atoms with Gasteiger partial charge < -0.3 is 19.5 Å². The minimum absolute atomic E-state index is 0.102. The van der Waals surface area contributed by atoms with E-state index in [0.29, 0.717) is 18.7 Å². The number of ketones is 1. The van der Waals surface area contributed by atoms with Gasteiger partial charge in [0, 0.05) is 66.0 Å². The second-order valence-electron chi connectivity index (χ2n) is 11.5. The smallest absolute Gasteiger partial charge is 0.170 e. The first-order valence-electron chi connectivity index (χ1n) is 13.1. The Balaban J connectivity index is 1.53. The van der Waals surface area contributed by atoms with Gasteiger partial charge in [-0.1, -0.05) is 26.8 Å². The van der Waals surface area contributed by atoms with E-state index in [2.05, 4.69) is 46.1 Å². The van der Waals surface area contributed by atoms with Crippen LogP contribution in [0.15, 0.2) is 42.6 Å². The van der Waals surface area contributed by atoms with Gasteiger partial charge >= 0.3 is 0 Å². The van der Waals surface area contributed by atoms with Gasteiger partial charge in [-0.15, -0.1) is 0 Å². The van der Waals surface area contributed by atoms with E-state index in [4.69, 9.17) is 4.74 Å². The maximum absolute atomic E-state index is 13.1. The molecule has 2 aliphatic heterocycles. The number of hydrogen-bond acceptors (Lipinski definition) is 6. The van der Waals surface area contributed by atoms with Crippen LogP contribution >= 0.6 is 0 Å². The first-order chi connectivity index (χ1) is 17.5. The Kier molecular flexibility index (Phi) is 6.83. The van der Waals surface area contributed by atoms with Gasteiger partial charge in [0.1, 0.15) is 11.9 Å². The van der Waals surface area contributed by atoms with Crippen molar-refractivity contribution in [2.75, 3.05) is 49.6 Å². The number of piperidine rings is 1. The monoisotopic (exact) mass is 523 g/mol. The maximum atomic E-state index is 13.1. The number of carbonyl (C=O) groups excluding carboxylic acids is 1. The van der Waals surface area contributed by atoms with Crippen molar-refractivity contribution in [3.05, 3.63) is 48.2 Å². The Morgan fingerprint density at radius 2 is 1.68 bits per heavy atom. The third-order valence-corrected chi connectivity index (χ3v) is 9.12. The van der Waals surface area contributed by atoms with E-state index >= 15 is 0 Å². The van der Waals surface area contributed by atoms with Gasteiger partial charge in [-0.25, -0.2) is 8.42 Å². The van der Waals surface area contributed by atoms with E-state index in [-0.39, 0.29) is 23.4 Å². The number of benzene rings is 2. The lowest BCUT2D eigenvalue weighted by Crippen LogP contribution is -2.40. The summed E-state index contributed by atoms with van der Waals surface area (Å²) >= 11 is 0. The molecule has 0 aliphatic carbocycles. The van der Waals surface area contributed by atoms with E-state index in [1.54, 1.807) is 6.20 Å². The number of nitrogens with zero attached hydrogens (tertiary/aromatic N) is 2. The number of Topliss-reactive ketones (excluding diaryl/α,β-unsaturated/α-hetero) is 1. The molecule has 8 heteroatoms. The molecule has 0 saturated carbocycles. The molecule has 0 unspecified atom stereocenters. The molecule has 2 saturated heterocycles. The Hall–Kier alpha value is -2.84. The van der Waals surface area contributed by atoms with E-state index < -0.39 is 15.3 Å². The quantitative estimate of drug-likeness (QED) is 0.485. The summed E-state index contributed by atoms with van der Waals surface area (Å²) in [5.41, 5.74) is 4.10. The SMILES string of the molecule is CN1CCC(Oc2cc(-c3ccc4[nH]cc(C(=O)C(C)(C)C)c4c3)cc(N3CCS(=O)(=O)CC3)c2)CC1. The van der Waals surface area contributed by atoms with E-state index in [1.165, 1.54) is 0 Å². The molecule has 2 fully saturated rings. The van der Waals surface area contributed by atoms with Crippen molar-refractivity contribution in [3.63, 3.8) is 0 Å². The number of nitrogens with one attached hydrogen (secondary N) is 1. The lowest BCUT2D eigenvalue weighted by atomic mass is 9.86. The maximum Gasteiger partial charge on any atom is 0.170 e. The number of hydrogen-bond donors (Lipinski definition) is 1. The van der Waals surface area contributed by atoms with E-state index in [0.717, 1.165) is 59.4 Å². The third-order valence-electron chi connectivity index (χ3n) is 7.51. The first kappa shape index (κ1) is 25.8. The van der Waals surface area contributed by atoms with Crippen LogP contribution in [-0.2, 0) is 9.84 Å². The Bertz CT molecular complexity index is 1400. The highest BCUT2D eigenvalue weighted by atomic mass is 32.2. The molecule has 3 heterocycles. The molecule has 5 rings (SSSR count). The number of H-pyrrole nitrogens is 1. The highest BCUT2D eigenvalue weighted by Crippen LogP contribution is 2.35. The molecule has 198 valence electrons. The highest BCUT2D eigenvalue weighted by molar-refractivity contribution is 7.91. The molecule has 0 bridgehead atoms. The number of aromatic amines is 1. The summed E-state index contributed by atoms with van der Waals surface area (Å²) in [5.74, 6) is 1.23. The fourth-order valence-electron chi connectivity index (χ4n) is 5.16. The largest absolute Gasteiger partial charge is 0.490 e. The molecule has 2 aliphatic rings. The zero-order valence-corrected chi connectivity index (χ0v) is 23.0. The summed E-state index contributed by atoms with van der Waals surface area (Å²) < 4.78 is 30.6. The van der Waals surface area contributed by atoms with Crippen LogP contribution in [0, 0.1) is 5.41 Å². The molecule has 0 spiro atoms. The fourth-order valence-corrected chi connectivity index (χ4v) is 6.36. The Morgan fingerprint density at radius 1 is 0.973 bits per heavy atom. The zero-order chi connectivity index (χ0) is 26.4. The van der Waals surface area contributed by atoms with Crippen LogP contribution < -0.4 is 9.64 Å². The molecule has 37 heavy (non-hydrogen) atoms. The number of carbonyl (C=O) groups is 1. The second-order valence-corrected chi connectivity index (χ2v) is 13.8. The predicted molar refractivity (Wildman–Crippen MR) is 150 cm³/mol. The van der Waals surface area contributed by atoms with Gasteiger partial charge in [0.2, 0.25) is 0 Å². The molecule has 7 nitrogen and oxygen atoms in total. The van der Waals surface area contributed by atoms with Crippen molar-refractivity contribution in [1.82, 2.24) is 9.88 Å². The lowest BCUT2D eigenvalue weighted by Gasteiger charge is -2.31. The molecular weight excluding hydrogens is 486 g/mol. The second kappa shape index (κ2) is 9.80. The molecule has 1 aromatic heterocycles. The van der Waals surface area contributed by atoms with Crippen molar-refractivity contribution < 1.29 is 17.9 Å². The minimum Gasteiger partial charge on any atom is -0.490 e. The number of anilines is 1. The van der Waals surface area contributed by atoms with E-state index in [9.17, 15) is 13.2 Å². The highest BCUT2D eigenvalue weighted by Gasteiger charge is 2.26. The Morgan fingerprint density at radius 3 is 2.35 bits per heavy atom. The van der Waals surface area contributed by atoms with Crippen LogP contribution in [0.1, 0.15) is 44.0 Å². The van der Waals surface area contributed by atoms with Crippen LogP contribution in [0.25, 0.3) is 22.0 Å². The van der Waals surface area contributed by atoms with Crippen LogP contribution in [0.4, 0.5) is 5.69 Å². The molecule has 2 aromatic carbocycles. The number of likely N-dealkylation sites (tertiary alicyclic amines) is 1. The summed E-state index contributed by atoms with van der Waals surface area (Å²) in [5, 5.41) is 0.907. The van der Waals surface area contributed by atoms with Crippen LogP contribution in [0.5, 0.6) is 5.75 Å². The van der Waals surface area contributed by atoms with Crippen molar-refractivity contribution in [2.24, 2.45) is 5.41 Å². The molecule has 1 N–H and O–H groups in total. The number of ether oxygens (including phenoxy) is 1. The molecule has 0 amide bonds. The average molecular weight is 524 g/mol. The first-order valence-corrected chi connectivity index (χ1v) is 14.9. The number of aromatic nitrogens is 1. The third kappa shape index (κ3) is 5.70. The van der Waals surface area contributed by atoms with Gasteiger partial charge in [-0.3, -0.25) is 4.79 Å². The number of rotatable bonds is 5. The molecule has 0 radical (unpaired) electrons. The molecular formula is C29H37N3O4S. The normalized spacial score (nSPS) is 19.3. The van der Waals surface area contributed by atoms with Gasteiger partial charge in [-0.2, -0.15) is 0 Å². The number of sulfone groups is 1. The molecule has 3 aromatic rings. The van der Waals surface area contributed by atoms with Crippen LogP contribution in [-0.4, -0.2) is 74.9 Å². The van der Waals surface area contributed by atoms with Gasteiger partial charge in [-0.05, 0) is 55.3 Å². The van der Waals surface area contributed by atoms with Gasteiger partial charge in [0.05, 0.1) is 11.5 Å². The zero-order valence-electron chi connectivity index (χ0n) is 22.2. The average Bonchev–Trinajstić information content (AvgIpc) is 3.27. The topological polar surface area (TPSA) is 82.7 Å². The van der Waals surface area contributed by atoms with Gasteiger partial charge in [0.15, 0.2) is 15.6 Å². The summed E-state index contributed by atoms with van der Waals surface area (Å²) in [6.45, 7) is 8.78. The Labute approximate surface area is 219 Å². The fraction of sp³-hybridized carbons (Fsp3) is 0.483. The van der Waals surface area contributed by atoms with Crippen LogP contribution in [0.2, 0.25) is 0 Å². The number of fused-ring (bicyclic) bond motifs is 1. The van der Waals surface area contributed by atoms with Crippen LogP contribution in [0.3, 0.4) is 0 Å². The van der Waals surface area contributed by atoms with Crippen molar-refractivity contribution in [3.8, 4) is 16.9 Å². The standard InChI is InChI=1S/C29H37N3O4S/c1-29(2,3)28(33)26-19-30-27-6-5-20(17-25(26)27)21-15-22(32-11-13-37(34,35)14-12-32)18-24(16-21)36-23-7-9-31(4)10-8-23/h5-6,15-19,23,30H,7-14H2,1-4H3. The predicted octanol–water partition coefficient (Wildman–Crippen LogP) is 4.77. The van der Waals surface area contributed by atoms with Crippen molar-refractivity contribution in [1.29, 1.82) is 0 Å². The van der Waals surface area contributed by atoms with E-state index in [1.807, 2.05) is 32.9 Å². The summed E-state index contributed by atoms with van der Waals surface area (Å²) in [4.78, 5) is 20.8. The summed E-state index contributed by atoms with van der Waals surface area (Å²) in [6, 6.07) is 12.4. The summed E-state index contributed by atoms with van der Waals surface area (Å²) in [6.07, 6.45) is 3.92. The van der Waals surface area contributed by atoms with Gasteiger partial charge in [0.25, 0.3) is 0 Å². The van der Waals surface area contributed by atoms with Crippen molar-refractivity contribution in [2.45, 2.75) is 39.7 Å². The lowest BCUT2D eigenvalue weighted by molar-refractivity contribution is 0.0860. The minimum atomic E-state index is -2.98. The van der Waals surface area contributed by atoms with Crippen molar-refractivity contribution >= 4 is 32.2 Å². The summed E-state index contributed by atoms with van der Waals surface area (Å²) in [7, 11) is -0.846. The molecule has 0 atom stereocenters.